The molecule has 0 amide bonds. The Morgan fingerprint density at radius 1 is 1.47 bits per heavy atom. The molecule has 1 aromatic carbocycles. The summed E-state index contributed by atoms with van der Waals surface area (Å²) in [7, 11) is 2.00. The first kappa shape index (κ1) is 14.8. The number of morpholine rings is 1. The average molecular weight is 283 g/mol. The van der Waals surface area contributed by atoms with Crippen molar-refractivity contribution >= 4 is 11.6 Å². The normalized spacial score (nSPS) is 22.4. The first-order chi connectivity index (χ1) is 9.24. The summed E-state index contributed by atoms with van der Waals surface area (Å²) < 4.78 is 5.93. The Hall–Kier alpha value is -0.610. The number of likely N-dealkylation sites (N-methyl/N-ethyl adjacent to an activating group) is 2. The molecule has 1 aromatic rings. The van der Waals surface area contributed by atoms with Crippen LogP contribution in [0.4, 0.5) is 0 Å². The Bertz CT molecular complexity index is 399. The second-order valence-corrected chi connectivity index (χ2v) is 5.40. The molecule has 106 valence electrons. The monoisotopic (exact) mass is 282 g/mol. The molecule has 0 saturated carbocycles. The lowest BCUT2D eigenvalue weighted by Crippen LogP contribution is -2.52. The molecule has 1 aliphatic heterocycles. The van der Waals surface area contributed by atoms with Crippen molar-refractivity contribution in [2.24, 2.45) is 0 Å². The van der Waals surface area contributed by atoms with Gasteiger partial charge in [0.05, 0.1) is 12.7 Å². The van der Waals surface area contributed by atoms with E-state index in [9.17, 15) is 0 Å². The van der Waals surface area contributed by atoms with Gasteiger partial charge >= 0.3 is 0 Å². The lowest BCUT2D eigenvalue weighted by molar-refractivity contribution is -0.0436. The van der Waals surface area contributed by atoms with Gasteiger partial charge in [-0.25, -0.2) is 0 Å². The minimum atomic E-state index is 0.231. The maximum absolute atomic E-state index is 6.24. The number of rotatable bonds is 5. The van der Waals surface area contributed by atoms with E-state index in [0.29, 0.717) is 6.04 Å². The summed E-state index contributed by atoms with van der Waals surface area (Å²) >= 11 is 6.24. The summed E-state index contributed by atoms with van der Waals surface area (Å²) in [6.07, 6.45) is 1.13. The van der Waals surface area contributed by atoms with E-state index < -0.39 is 0 Å². The molecule has 0 bridgehead atoms. The summed E-state index contributed by atoms with van der Waals surface area (Å²) in [4.78, 5) is 2.44. The van der Waals surface area contributed by atoms with Gasteiger partial charge in [-0.3, -0.25) is 4.90 Å². The highest BCUT2D eigenvalue weighted by atomic mass is 35.5. The molecule has 1 saturated heterocycles. The van der Waals surface area contributed by atoms with Gasteiger partial charge in [0, 0.05) is 24.2 Å². The quantitative estimate of drug-likeness (QED) is 0.896. The zero-order chi connectivity index (χ0) is 13.7. The van der Waals surface area contributed by atoms with E-state index in [1.54, 1.807) is 0 Å². The van der Waals surface area contributed by atoms with Crippen LogP contribution in [0.3, 0.4) is 0 Å². The van der Waals surface area contributed by atoms with E-state index in [1.165, 1.54) is 5.56 Å². The minimum absolute atomic E-state index is 0.231. The van der Waals surface area contributed by atoms with E-state index in [4.69, 9.17) is 16.3 Å². The third-order valence-electron chi connectivity index (χ3n) is 3.84. The molecule has 0 aromatic heterocycles. The minimum Gasteiger partial charge on any atom is -0.374 e. The Balaban J connectivity index is 2.01. The van der Waals surface area contributed by atoms with Crippen LogP contribution in [-0.2, 0) is 11.2 Å². The summed E-state index contributed by atoms with van der Waals surface area (Å²) in [5.74, 6) is 0. The lowest BCUT2D eigenvalue weighted by Gasteiger charge is -2.36. The smallest absolute Gasteiger partial charge is 0.0858 e. The van der Waals surface area contributed by atoms with Gasteiger partial charge < -0.3 is 10.1 Å². The molecule has 4 heteroatoms. The molecule has 2 atom stereocenters. The van der Waals surface area contributed by atoms with Crippen molar-refractivity contribution in [3.63, 3.8) is 0 Å². The highest BCUT2D eigenvalue weighted by Gasteiger charge is 2.27. The largest absolute Gasteiger partial charge is 0.374 e. The van der Waals surface area contributed by atoms with Crippen molar-refractivity contribution in [2.45, 2.75) is 25.5 Å². The number of benzene rings is 1. The Labute approximate surface area is 120 Å². The average Bonchev–Trinajstić information content (AvgIpc) is 2.46. The summed E-state index contributed by atoms with van der Waals surface area (Å²) in [5.41, 5.74) is 1.18. The molecular weight excluding hydrogens is 260 g/mol. The molecule has 3 nitrogen and oxygen atoms in total. The summed E-state index contributed by atoms with van der Waals surface area (Å²) in [6, 6.07) is 8.34. The van der Waals surface area contributed by atoms with Crippen molar-refractivity contribution in [2.75, 3.05) is 33.3 Å². The van der Waals surface area contributed by atoms with Gasteiger partial charge in [-0.05, 0) is 31.6 Å². The Morgan fingerprint density at radius 2 is 2.26 bits per heavy atom. The maximum Gasteiger partial charge on any atom is 0.0858 e. The number of hydrogen-bond acceptors (Lipinski definition) is 3. The van der Waals surface area contributed by atoms with Crippen molar-refractivity contribution in [3.8, 4) is 0 Å². The van der Waals surface area contributed by atoms with E-state index in [-0.39, 0.29) is 6.10 Å². The number of halogens is 1. The van der Waals surface area contributed by atoms with Crippen LogP contribution < -0.4 is 5.32 Å². The van der Waals surface area contributed by atoms with Crippen LogP contribution in [0.25, 0.3) is 0 Å². The topological polar surface area (TPSA) is 24.5 Å². The number of hydrogen-bond donors (Lipinski definition) is 1. The van der Waals surface area contributed by atoms with Gasteiger partial charge in [0.1, 0.15) is 0 Å². The predicted molar refractivity (Wildman–Crippen MR) is 79.9 cm³/mol. The van der Waals surface area contributed by atoms with Crippen LogP contribution in [0.5, 0.6) is 0 Å². The molecule has 2 rings (SSSR count). The van der Waals surface area contributed by atoms with Crippen LogP contribution in [0, 0.1) is 0 Å². The zero-order valence-corrected chi connectivity index (χ0v) is 12.5. The fraction of sp³-hybridized carbons (Fsp3) is 0.600. The van der Waals surface area contributed by atoms with Gasteiger partial charge in [0.2, 0.25) is 0 Å². The van der Waals surface area contributed by atoms with E-state index >= 15 is 0 Å². The van der Waals surface area contributed by atoms with Crippen molar-refractivity contribution in [3.05, 3.63) is 34.9 Å². The molecule has 2 unspecified atom stereocenters. The van der Waals surface area contributed by atoms with Crippen LogP contribution >= 0.6 is 11.6 Å². The van der Waals surface area contributed by atoms with Crippen LogP contribution in [0.1, 0.15) is 12.5 Å². The molecule has 1 N–H and O–H groups in total. The first-order valence-corrected chi connectivity index (χ1v) is 7.37. The molecule has 1 heterocycles. The molecule has 0 radical (unpaired) electrons. The predicted octanol–water partition coefficient (Wildman–Crippen LogP) is 2.19. The zero-order valence-electron chi connectivity index (χ0n) is 11.7. The number of ether oxygens (including phenoxy) is 1. The van der Waals surface area contributed by atoms with Crippen LogP contribution in [0.2, 0.25) is 5.02 Å². The SMILES string of the molecule is CCN1CCOC(C(Cc2ccccc2Cl)NC)C1. The second-order valence-electron chi connectivity index (χ2n) is 4.99. The third-order valence-corrected chi connectivity index (χ3v) is 4.21. The van der Waals surface area contributed by atoms with Gasteiger partial charge in [-0.1, -0.05) is 36.7 Å². The Morgan fingerprint density at radius 3 is 2.95 bits per heavy atom. The van der Waals surface area contributed by atoms with Crippen molar-refractivity contribution in [1.29, 1.82) is 0 Å². The van der Waals surface area contributed by atoms with Crippen LogP contribution in [-0.4, -0.2) is 50.3 Å². The fourth-order valence-corrected chi connectivity index (χ4v) is 2.80. The van der Waals surface area contributed by atoms with E-state index in [1.807, 2.05) is 25.2 Å². The molecule has 0 spiro atoms. The molecule has 1 fully saturated rings. The van der Waals surface area contributed by atoms with Gasteiger partial charge in [0.25, 0.3) is 0 Å². The Kier molecular flexibility index (Phi) is 5.64. The number of nitrogens with zero attached hydrogens (tertiary/aromatic N) is 1. The molecule has 1 aliphatic rings. The van der Waals surface area contributed by atoms with Crippen molar-refractivity contribution in [1.82, 2.24) is 10.2 Å². The highest BCUT2D eigenvalue weighted by Crippen LogP contribution is 2.19. The third kappa shape index (κ3) is 3.93. The summed E-state index contributed by atoms with van der Waals surface area (Å²) in [5, 5.41) is 4.22. The second kappa shape index (κ2) is 7.25. The standard InChI is InChI=1S/C15H23ClN2O/c1-3-18-8-9-19-15(11-18)14(17-2)10-12-6-4-5-7-13(12)16/h4-7,14-15,17H,3,8-11H2,1-2H3. The fourth-order valence-electron chi connectivity index (χ4n) is 2.58. The lowest BCUT2D eigenvalue weighted by atomic mass is 10.00. The van der Waals surface area contributed by atoms with Crippen LogP contribution in [0.15, 0.2) is 24.3 Å². The highest BCUT2D eigenvalue weighted by molar-refractivity contribution is 6.31. The molecule has 0 aliphatic carbocycles. The van der Waals surface area contributed by atoms with Gasteiger partial charge in [-0.15, -0.1) is 0 Å². The molecular formula is C15H23ClN2O. The van der Waals surface area contributed by atoms with Gasteiger partial charge in [0.15, 0.2) is 0 Å². The number of nitrogens with one attached hydrogen (secondary N) is 1. The van der Waals surface area contributed by atoms with Crippen molar-refractivity contribution < 1.29 is 4.74 Å². The molecule has 19 heavy (non-hydrogen) atoms. The maximum atomic E-state index is 6.24. The summed E-state index contributed by atoms with van der Waals surface area (Å²) in [6.45, 7) is 6.13. The van der Waals surface area contributed by atoms with E-state index in [2.05, 4.69) is 23.2 Å². The van der Waals surface area contributed by atoms with Gasteiger partial charge in [-0.2, -0.15) is 0 Å². The van der Waals surface area contributed by atoms with E-state index in [0.717, 1.165) is 37.7 Å². The first-order valence-electron chi connectivity index (χ1n) is 6.99.